The molecule has 1 aliphatic rings. The monoisotopic (exact) mass is 492 g/mol. The summed E-state index contributed by atoms with van der Waals surface area (Å²) in [5.74, 6) is 1.51. The van der Waals surface area contributed by atoms with Crippen molar-refractivity contribution in [3.63, 3.8) is 0 Å². The van der Waals surface area contributed by atoms with E-state index in [1.54, 1.807) is 6.07 Å². The van der Waals surface area contributed by atoms with Crippen molar-refractivity contribution in [2.24, 2.45) is 0 Å². The van der Waals surface area contributed by atoms with Gasteiger partial charge in [0.2, 0.25) is 5.91 Å². The van der Waals surface area contributed by atoms with Crippen molar-refractivity contribution in [1.82, 2.24) is 14.8 Å². The number of benzene rings is 2. The van der Waals surface area contributed by atoms with E-state index in [9.17, 15) is 4.79 Å². The van der Waals surface area contributed by atoms with E-state index in [0.29, 0.717) is 16.8 Å². The molecular formula is C20H18BrClN4O2S. The van der Waals surface area contributed by atoms with Crippen LogP contribution in [0.15, 0.2) is 58.2 Å². The fourth-order valence-electron chi connectivity index (χ4n) is 2.80. The average molecular weight is 494 g/mol. The number of hydrogen-bond acceptors (Lipinski definition) is 5. The highest BCUT2D eigenvalue weighted by Crippen LogP contribution is 2.39. The van der Waals surface area contributed by atoms with E-state index in [-0.39, 0.29) is 18.3 Å². The molecule has 0 radical (unpaired) electrons. The molecule has 6 nitrogen and oxygen atoms in total. The predicted octanol–water partition coefficient (Wildman–Crippen LogP) is 5.34. The van der Waals surface area contributed by atoms with Crippen LogP contribution < -0.4 is 10.1 Å². The zero-order valence-corrected chi connectivity index (χ0v) is 18.5. The first-order chi connectivity index (χ1) is 14.1. The molecule has 1 fully saturated rings. The van der Waals surface area contributed by atoms with Crippen molar-refractivity contribution in [2.75, 3.05) is 11.1 Å². The van der Waals surface area contributed by atoms with Gasteiger partial charge in [-0.2, -0.15) is 0 Å². The zero-order chi connectivity index (χ0) is 20.2. The minimum atomic E-state index is -0.0904. The number of carbonyl (C=O) groups is 1. The summed E-state index contributed by atoms with van der Waals surface area (Å²) >= 11 is 10.9. The number of para-hydroxylation sites is 1. The molecule has 0 aliphatic heterocycles. The molecule has 4 rings (SSSR count). The summed E-state index contributed by atoms with van der Waals surface area (Å²) in [6, 6.07) is 15.2. The lowest BCUT2D eigenvalue weighted by molar-refractivity contribution is -0.113. The number of nitrogens with one attached hydrogen (secondary N) is 1. The second kappa shape index (κ2) is 9.19. The van der Waals surface area contributed by atoms with Gasteiger partial charge in [0.1, 0.15) is 12.4 Å². The first kappa shape index (κ1) is 20.3. The van der Waals surface area contributed by atoms with Crippen molar-refractivity contribution >= 4 is 50.9 Å². The Morgan fingerprint density at radius 2 is 2.07 bits per heavy atom. The third-order valence-corrected chi connectivity index (χ3v) is 6.03. The molecule has 0 spiro atoms. The van der Waals surface area contributed by atoms with Gasteiger partial charge in [0.15, 0.2) is 11.0 Å². The lowest BCUT2D eigenvalue weighted by Crippen LogP contribution is -2.15. The number of aromatic nitrogens is 3. The smallest absolute Gasteiger partial charge is 0.234 e. The van der Waals surface area contributed by atoms with E-state index in [2.05, 4.69) is 36.0 Å². The van der Waals surface area contributed by atoms with Gasteiger partial charge in [-0.25, -0.2) is 0 Å². The Morgan fingerprint density at radius 3 is 2.83 bits per heavy atom. The van der Waals surface area contributed by atoms with Crippen LogP contribution in [-0.2, 0) is 11.4 Å². The minimum Gasteiger partial charge on any atom is -0.484 e. The molecule has 1 heterocycles. The Bertz CT molecular complexity index is 1030. The maximum Gasteiger partial charge on any atom is 0.234 e. The molecule has 9 heteroatoms. The van der Waals surface area contributed by atoms with Gasteiger partial charge in [-0.05, 0) is 43.2 Å². The minimum absolute atomic E-state index is 0.0904. The third-order valence-electron chi connectivity index (χ3n) is 4.28. The molecule has 0 unspecified atom stereocenters. The van der Waals surface area contributed by atoms with Gasteiger partial charge in [-0.1, -0.05) is 57.5 Å². The molecule has 1 N–H and O–H groups in total. The number of amides is 1. The molecule has 1 amide bonds. The Balaban J connectivity index is 1.39. The molecular weight excluding hydrogens is 476 g/mol. The maximum absolute atomic E-state index is 12.3. The topological polar surface area (TPSA) is 69.0 Å². The van der Waals surface area contributed by atoms with Crippen LogP contribution in [0, 0.1) is 0 Å². The Labute approximate surface area is 186 Å². The van der Waals surface area contributed by atoms with Crippen LogP contribution in [-0.4, -0.2) is 26.4 Å². The molecule has 2 aromatic carbocycles. The number of rotatable bonds is 8. The standard InChI is InChI=1S/C20H18BrClN4O2S/c21-13-4-3-5-14(10-13)23-19(27)12-29-20-25-24-18(26(20)15-8-9-15)11-28-17-7-2-1-6-16(17)22/h1-7,10,15H,8-9,11-12H2,(H,23,27). The van der Waals surface area contributed by atoms with E-state index in [1.165, 1.54) is 11.8 Å². The van der Waals surface area contributed by atoms with E-state index in [1.807, 2.05) is 42.5 Å². The fourth-order valence-corrected chi connectivity index (χ4v) is 4.22. The van der Waals surface area contributed by atoms with E-state index >= 15 is 0 Å². The van der Waals surface area contributed by atoms with Gasteiger partial charge in [0.25, 0.3) is 0 Å². The summed E-state index contributed by atoms with van der Waals surface area (Å²) in [7, 11) is 0. The number of anilines is 1. The number of hydrogen-bond donors (Lipinski definition) is 1. The Kier molecular flexibility index (Phi) is 6.42. The van der Waals surface area contributed by atoms with Gasteiger partial charge in [0, 0.05) is 16.2 Å². The zero-order valence-electron chi connectivity index (χ0n) is 15.3. The van der Waals surface area contributed by atoms with Crippen LogP contribution in [0.25, 0.3) is 0 Å². The Morgan fingerprint density at radius 1 is 1.24 bits per heavy atom. The first-order valence-electron chi connectivity index (χ1n) is 9.09. The Hall–Kier alpha value is -2.03. The fraction of sp³-hybridized carbons (Fsp3) is 0.250. The molecule has 3 aromatic rings. The number of carbonyl (C=O) groups excluding carboxylic acids is 1. The van der Waals surface area contributed by atoms with Gasteiger partial charge in [-0.3, -0.25) is 9.36 Å². The van der Waals surface area contributed by atoms with Gasteiger partial charge >= 0.3 is 0 Å². The summed E-state index contributed by atoms with van der Waals surface area (Å²) in [6.07, 6.45) is 2.16. The van der Waals surface area contributed by atoms with Gasteiger partial charge in [0.05, 0.1) is 10.8 Å². The molecule has 1 saturated carbocycles. The second-order valence-corrected chi connectivity index (χ2v) is 8.83. The summed E-state index contributed by atoms with van der Waals surface area (Å²) in [4.78, 5) is 12.3. The number of thioether (sulfide) groups is 1. The average Bonchev–Trinajstić information content (AvgIpc) is 3.46. The lowest BCUT2D eigenvalue weighted by Gasteiger charge is -2.11. The third kappa shape index (κ3) is 5.32. The quantitative estimate of drug-likeness (QED) is 0.429. The van der Waals surface area contributed by atoms with Crippen molar-refractivity contribution in [3.8, 4) is 5.75 Å². The molecule has 0 saturated heterocycles. The molecule has 0 bridgehead atoms. The van der Waals surface area contributed by atoms with Crippen molar-refractivity contribution < 1.29 is 9.53 Å². The molecule has 0 atom stereocenters. The highest BCUT2D eigenvalue weighted by atomic mass is 79.9. The molecule has 29 heavy (non-hydrogen) atoms. The maximum atomic E-state index is 12.3. The number of nitrogens with zero attached hydrogens (tertiary/aromatic N) is 3. The van der Waals surface area contributed by atoms with Crippen LogP contribution in [0.3, 0.4) is 0 Å². The van der Waals surface area contributed by atoms with Crippen LogP contribution in [0.2, 0.25) is 5.02 Å². The normalized spacial score (nSPS) is 13.3. The highest BCUT2D eigenvalue weighted by Gasteiger charge is 2.30. The van der Waals surface area contributed by atoms with Crippen molar-refractivity contribution in [3.05, 3.63) is 63.9 Å². The molecule has 1 aromatic heterocycles. The van der Waals surface area contributed by atoms with Crippen LogP contribution in [0.4, 0.5) is 5.69 Å². The molecule has 150 valence electrons. The van der Waals surface area contributed by atoms with Crippen LogP contribution >= 0.6 is 39.3 Å². The largest absolute Gasteiger partial charge is 0.484 e. The highest BCUT2D eigenvalue weighted by molar-refractivity contribution is 9.10. The second-order valence-electron chi connectivity index (χ2n) is 6.57. The van der Waals surface area contributed by atoms with Crippen LogP contribution in [0.5, 0.6) is 5.75 Å². The SMILES string of the molecule is O=C(CSc1nnc(COc2ccccc2Cl)n1C1CC1)Nc1cccc(Br)c1. The first-order valence-corrected chi connectivity index (χ1v) is 11.2. The molecule has 1 aliphatic carbocycles. The summed E-state index contributed by atoms with van der Waals surface area (Å²) in [5.41, 5.74) is 0.752. The number of halogens is 2. The van der Waals surface area contributed by atoms with Crippen molar-refractivity contribution in [1.29, 1.82) is 0 Å². The van der Waals surface area contributed by atoms with E-state index in [4.69, 9.17) is 16.3 Å². The van der Waals surface area contributed by atoms with Gasteiger partial charge < -0.3 is 10.1 Å². The summed E-state index contributed by atoms with van der Waals surface area (Å²) in [5, 5.41) is 12.7. The lowest BCUT2D eigenvalue weighted by atomic mass is 10.3. The summed E-state index contributed by atoms with van der Waals surface area (Å²) in [6.45, 7) is 0.276. The van der Waals surface area contributed by atoms with E-state index in [0.717, 1.165) is 34.0 Å². The number of ether oxygens (including phenoxy) is 1. The van der Waals surface area contributed by atoms with Crippen molar-refractivity contribution in [2.45, 2.75) is 30.6 Å². The summed E-state index contributed by atoms with van der Waals surface area (Å²) < 4.78 is 8.82. The van der Waals surface area contributed by atoms with Gasteiger partial charge in [-0.15, -0.1) is 10.2 Å². The predicted molar refractivity (Wildman–Crippen MR) is 118 cm³/mol. The van der Waals surface area contributed by atoms with Crippen LogP contribution in [0.1, 0.15) is 24.7 Å². The van der Waals surface area contributed by atoms with E-state index < -0.39 is 0 Å².